The Labute approximate surface area is 141 Å². The van der Waals surface area contributed by atoms with Crippen LogP contribution in [0.2, 0.25) is 0 Å². The number of rotatable bonds is 4. The van der Waals surface area contributed by atoms with E-state index in [1.165, 1.54) is 0 Å². The number of piperidine rings is 1. The molecule has 0 spiro atoms. The Kier molecular flexibility index (Phi) is 4.68. The lowest BCUT2D eigenvalue weighted by atomic mass is 9.89. The summed E-state index contributed by atoms with van der Waals surface area (Å²) in [5, 5.41) is 9.16. The largest absolute Gasteiger partial charge is 0.341 e. The van der Waals surface area contributed by atoms with Gasteiger partial charge in [0.05, 0.1) is 4.90 Å². The van der Waals surface area contributed by atoms with Crippen LogP contribution in [0.5, 0.6) is 0 Å². The molecule has 0 aliphatic carbocycles. The molecule has 1 amide bonds. The highest BCUT2D eigenvalue weighted by Gasteiger charge is 2.24. The normalized spacial score (nSPS) is 16.3. The summed E-state index contributed by atoms with van der Waals surface area (Å²) in [5.74, 6) is 0.398. The number of benzene rings is 1. The number of nitrogens with zero attached hydrogens (tertiary/aromatic N) is 3. The Bertz CT molecular complexity index is 792. The van der Waals surface area contributed by atoms with Crippen molar-refractivity contribution in [3.05, 3.63) is 48.3 Å². The van der Waals surface area contributed by atoms with Gasteiger partial charge in [-0.15, -0.1) is 0 Å². The maximum absolute atomic E-state index is 12.2. The molecule has 3 rings (SSSR count). The molecule has 0 atom stereocenters. The number of hydrogen-bond donors (Lipinski definition) is 1. The first kappa shape index (κ1) is 16.7. The Hall–Kier alpha value is -2.19. The smallest absolute Gasteiger partial charge is 0.244 e. The van der Waals surface area contributed by atoms with E-state index in [1.807, 2.05) is 17.0 Å². The molecule has 8 heteroatoms. The van der Waals surface area contributed by atoms with Gasteiger partial charge in [-0.05, 0) is 42.5 Å². The number of primary sulfonamides is 1. The van der Waals surface area contributed by atoms with E-state index in [-0.39, 0.29) is 17.3 Å². The summed E-state index contributed by atoms with van der Waals surface area (Å²) < 4.78 is 24.2. The van der Waals surface area contributed by atoms with Gasteiger partial charge in [0.1, 0.15) is 6.54 Å². The van der Waals surface area contributed by atoms with E-state index in [0.29, 0.717) is 19.0 Å². The fourth-order valence-corrected chi connectivity index (χ4v) is 3.54. The van der Waals surface area contributed by atoms with Crippen LogP contribution in [-0.4, -0.2) is 42.1 Å². The number of nitrogens with two attached hydrogens (primary N) is 1. The third-order valence-electron chi connectivity index (χ3n) is 4.38. The van der Waals surface area contributed by atoms with E-state index in [9.17, 15) is 13.2 Å². The van der Waals surface area contributed by atoms with Gasteiger partial charge in [0.25, 0.3) is 0 Å². The van der Waals surface area contributed by atoms with E-state index >= 15 is 0 Å². The number of carbonyl (C=O) groups is 1. The standard InChI is InChI=1S/C16H20N4O3S/c17-24(22,23)15-4-2-13(3-5-15)14-6-10-19(11-7-14)16(21)12-20-9-1-8-18-20/h1-5,8-9,14H,6-7,10-12H2,(H2,17,22,23). The zero-order valence-electron chi connectivity index (χ0n) is 13.2. The van der Waals surface area contributed by atoms with Crippen LogP contribution in [0.1, 0.15) is 24.3 Å². The summed E-state index contributed by atoms with van der Waals surface area (Å²) in [4.78, 5) is 14.2. The lowest BCUT2D eigenvalue weighted by Gasteiger charge is -2.32. The first-order chi connectivity index (χ1) is 11.4. The Morgan fingerprint density at radius 3 is 2.42 bits per heavy atom. The highest BCUT2D eigenvalue weighted by molar-refractivity contribution is 7.89. The molecule has 128 valence electrons. The zero-order chi connectivity index (χ0) is 17.2. The number of carbonyl (C=O) groups excluding carboxylic acids is 1. The van der Waals surface area contributed by atoms with Crippen LogP contribution in [-0.2, 0) is 21.4 Å². The van der Waals surface area contributed by atoms with Gasteiger partial charge in [0.2, 0.25) is 15.9 Å². The van der Waals surface area contributed by atoms with Gasteiger partial charge in [0, 0.05) is 25.5 Å². The van der Waals surface area contributed by atoms with Crippen molar-refractivity contribution in [2.45, 2.75) is 30.2 Å². The predicted molar refractivity (Wildman–Crippen MR) is 88.6 cm³/mol. The second-order valence-corrected chi connectivity index (χ2v) is 7.53. The van der Waals surface area contributed by atoms with Crippen LogP contribution in [0.25, 0.3) is 0 Å². The number of likely N-dealkylation sites (tertiary alicyclic amines) is 1. The number of sulfonamides is 1. The summed E-state index contributed by atoms with van der Waals surface area (Å²) in [6, 6.07) is 8.50. The molecular formula is C16H20N4O3S. The van der Waals surface area contributed by atoms with Crippen LogP contribution >= 0.6 is 0 Å². The van der Waals surface area contributed by atoms with Gasteiger partial charge in [-0.1, -0.05) is 12.1 Å². The number of aromatic nitrogens is 2. The molecule has 1 aliphatic heterocycles. The molecule has 2 aromatic rings. The third kappa shape index (κ3) is 3.82. The molecule has 24 heavy (non-hydrogen) atoms. The van der Waals surface area contributed by atoms with Gasteiger partial charge in [-0.25, -0.2) is 13.6 Å². The van der Waals surface area contributed by atoms with Crippen molar-refractivity contribution >= 4 is 15.9 Å². The van der Waals surface area contributed by atoms with Crippen molar-refractivity contribution in [1.29, 1.82) is 0 Å². The van der Waals surface area contributed by atoms with Crippen molar-refractivity contribution in [2.24, 2.45) is 5.14 Å². The quantitative estimate of drug-likeness (QED) is 0.889. The minimum atomic E-state index is -3.66. The highest BCUT2D eigenvalue weighted by atomic mass is 32.2. The molecule has 1 aliphatic rings. The topological polar surface area (TPSA) is 98.3 Å². The molecule has 7 nitrogen and oxygen atoms in total. The third-order valence-corrected chi connectivity index (χ3v) is 5.31. The Balaban J connectivity index is 1.57. The van der Waals surface area contributed by atoms with Gasteiger partial charge in [-0.2, -0.15) is 5.10 Å². The van der Waals surface area contributed by atoms with Crippen molar-refractivity contribution in [3.8, 4) is 0 Å². The summed E-state index contributed by atoms with van der Waals surface area (Å²) in [6.07, 6.45) is 5.15. The molecule has 2 heterocycles. The monoisotopic (exact) mass is 348 g/mol. The summed E-state index contributed by atoms with van der Waals surface area (Å²) in [5.41, 5.74) is 1.08. The van der Waals surface area contributed by atoms with Gasteiger partial charge in [-0.3, -0.25) is 9.48 Å². The fourth-order valence-electron chi connectivity index (χ4n) is 3.02. The van der Waals surface area contributed by atoms with E-state index in [1.54, 1.807) is 35.3 Å². The van der Waals surface area contributed by atoms with Gasteiger partial charge < -0.3 is 4.90 Å². The zero-order valence-corrected chi connectivity index (χ0v) is 14.0. The minimum absolute atomic E-state index is 0.0710. The number of amides is 1. The first-order valence-electron chi connectivity index (χ1n) is 7.81. The van der Waals surface area contributed by atoms with Gasteiger partial charge >= 0.3 is 0 Å². The average Bonchev–Trinajstić information content (AvgIpc) is 3.07. The lowest BCUT2D eigenvalue weighted by Crippen LogP contribution is -2.39. The Morgan fingerprint density at radius 1 is 1.21 bits per heavy atom. The molecule has 0 bridgehead atoms. The first-order valence-corrected chi connectivity index (χ1v) is 9.36. The van der Waals surface area contributed by atoms with Crippen LogP contribution in [0.4, 0.5) is 0 Å². The van der Waals surface area contributed by atoms with Crippen molar-refractivity contribution in [3.63, 3.8) is 0 Å². The molecule has 0 saturated carbocycles. The maximum Gasteiger partial charge on any atom is 0.244 e. The lowest BCUT2D eigenvalue weighted by molar-refractivity contribution is -0.133. The molecule has 0 radical (unpaired) electrons. The van der Waals surface area contributed by atoms with Crippen molar-refractivity contribution in [2.75, 3.05) is 13.1 Å². The molecule has 2 N–H and O–H groups in total. The molecule has 1 saturated heterocycles. The second kappa shape index (κ2) is 6.74. The van der Waals surface area contributed by atoms with E-state index in [4.69, 9.17) is 5.14 Å². The summed E-state index contributed by atoms with van der Waals surface area (Å²) in [6.45, 7) is 1.66. The molecule has 1 fully saturated rings. The van der Waals surface area contributed by atoms with E-state index < -0.39 is 10.0 Å². The fraction of sp³-hybridized carbons (Fsp3) is 0.375. The van der Waals surface area contributed by atoms with E-state index in [0.717, 1.165) is 18.4 Å². The number of hydrogen-bond acceptors (Lipinski definition) is 4. The highest BCUT2D eigenvalue weighted by Crippen LogP contribution is 2.28. The van der Waals surface area contributed by atoms with Crippen LogP contribution in [0, 0.1) is 0 Å². The maximum atomic E-state index is 12.2. The van der Waals surface area contributed by atoms with E-state index in [2.05, 4.69) is 5.10 Å². The molecule has 0 unspecified atom stereocenters. The molecule has 1 aromatic heterocycles. The minimum Gasteiger partial charge on any atom is -0.341 e. The van der Waals surface area contributed by atoms with Crippen molar-refractivity contribution in [1.82, 2.24) is 14.7 Å². The summed E-state index contributed by atoms with van der Waals surface area (Å²) >= 11 is 0. The van der Waals surface area contributed by atoms with Crippen LogP contribution < -0.4 is 5.14 Å². The summed E-state index contributed by atoms with van der Waals surface area (Å²) in [7, 11) is -3.66. The van der Waals surface area contributed by atoms with Crippen molar-refractivity contribution < 1.29 is 13.2 Å². The predicted octanol–water partition coefficient (Wildman–Crippen LogP) is 0.937. The molecular weight excluding hydrogens is 328 g/mol. The SMILES string of the molecule is NS(=O)(=O)c1ccc(C2CCN(C(=O)Cn3cccn3)CC2)cc1. The van der Waals surface area contributed by atoms with Crippen LogP contribution in [0.3, 0.4) is 0 Å². The van der Waals surface area contributed by atoms with Crippen LogP contribution in [0.15, 0.2) is 47.6 Å². The second-order valence-electron chi connectivity index (χ2n) is 5.97. The average molecular weight is 348 g/mol. The van der Waals surface area contributed by atoms with Gasteiger partial charge in [0.15, 0.2) is 0 Å². The Morgan fingerprint density at radius 2 is 1.88 bits per heavy atom. The molecule has 1 aromatic carbocycles.